The number of likely N-dealkylation sites (N-methyl/N-ethyl adjacent to an activating group) is 1. The molecule has 2 aromatic carbocycles. The molecule has 1 aliphatic heterocycles. The maximum Gasteiger partial charge on any atom is 0.419 e. The number of hydrogen-bond donors (Lipinski definition) is 0. The van der Waals surface area contributed by atoms with Gasteiger partial charge in [0.25, 0.3) is 0 Å². The van der Waals surface area contributed by atoms with Crippen molar-refractivity contribution in [3.63, 3.8) is 0 Å². The number of hydrogen-bond acceptors (Lipinski definition) is 2. The lowest BCUT2D eigenvalue weighted by molar-refractivity contribution is -0.140. The van der Waals surface area contributed by atoms with Crippen LogP contribution in [0.2, 0.25) is 10.0 Å². The van der Waals surface area contributed by atoms with Crippen molar-refractivity contribution in [2.24, 2.45) is 0 Å². The molecule has 0 aromatic heterocycles. The predicted octanol–water partition coefficient (Wildman–Crippen LogP) is 5.97. The summed E-state index contributed by atoms with van der Waals surface area (Å²) < 4.78 is 52.5. The van der Waals surface area contributed by atoms with Crippen molar-refractivity contribution in [3.8, 4) is 0 Å². The fourth-order valence-corrected chi connectivity index (χ4v) is 4.55. The first-order valence-corrected chi connectivity index (χ1v) is 11.2. The van der Waals surface area contributed by atoms with E-state index in [-0.39, 0.29) is 29.7 Å². The van der Waals surface area contributed by atoms with E-state index in [1.54, 1.807) is 24.1 Å². The SMILES string of the molecule is CN(Cc1ccc(C(F)(F)F)c(F)c1)[C@H]1CN(C(=O)CBr)C[C@@H]1c1ccc(Cl)c(Cl)c1. The third-order valence-corrected chi connectivity index (χ3v) is 6.68. The van der Waals surface area contributed by atoms with Gasteiger partial charge in [0.1, 0.15) is 5.82 Å². The van der Waals surface area contributed by atoms with Gasteiger partial charge in [0.2, 0.25) is 5.91 Å². The smallest absolute Gasteiger partial charge is 0.340 e. The highest BCUT2D eigenvalue weighted by molar-refractivity contribution is 9.09. The lowest BCUT2D eigenvalue weighted by Gasteiger charge is -2.29. The van der Waals surface area contributed by atoms with Gasteiger partial charge < -0.3 is 4.90 Å². The molecule has 1 saturated heterocycles. The van der Waals surface area contributed by atoms with E-state index in [0.717, 1.165) is 17.7 Å². The Morgan fingerprint density at radius 3 is 2.45 bits per heavy atom. The summed E-state index contributed by atoms with van der Waals surface area (Å²) in [5.41, 5.74) is 0.0171. The summed E-state index contributed by atoms with van der Waals surface area (Å²) >= 11 is 15.4. The second kappa shape index (κ2) is 9.65. The highest BCUT2D eigenvalue weighted by Crippen LogP contribution is 2.35. The fraction of sp³-hybridized carbons (Fsp3) is 0.381. The predicted molar refractivity (Wildman–Crippen MR) is 116 cm³/mol. The molecule has 2 aromatic rings. The Balaban J connectivity index is 1.85. The van der Waals surface area contributed by atoms with Crippen LogP contribution < -0.4 is 0 Å². The van der Waals surface area contributed by atoms with Gasteiger partial charge in [-0.15, -0.1) is 0 Å². The summed E-state index contributed by atoms with van der Waals surface area (Å²) in [6.07, 6.45) is -4.74. The first-order chi connectivity index (χ1) is 14.5. The Labute approximate surface area is 196 Å². The molecule has 168 valence electrons. The third-order valence-electron chi connectivity index (χ3n) is 5.46. The van der Waals surface area contributed by atoms with Gasteiger partial charge in [-0.2, -0.15) is 13.2 Å². The topological polar surface area (TPSA) is 23.6 Å². The summed E-state index contributed by atoms with van der Waals surface area (Å²) in [5, 5.41) is 0.999. The molecular weight excluding hydrogens is 523 g/mol. The van der Waals surface area contributed by atoms with Crippen molar-refractivity contribution in [3.05, 3.63) is 69.0 Å². The van der Waals surface area contributed by atoms with Crippen LogP contribution in [0.25, 0.3) is 0 Å². The minimum absolute atomic E-state index is 0.0680. The molecular formula is C21H19BrCl2F4N2O. The standard InChI is InChI=1S/C21H19BrCl2F4N2O/c1-29(9-12-2-4-15(18(25)6-12)21(26,27)28)19-11-30(20(31)8-22)10-14(19)13-3-5-16(23)17(24)7-13/h2-7,14,19H,8-11H2,1H3/t14-,19+/m1/s1. The van der Waals surface area contributed by atoms with Crippen LogP contribution in [-0.4, -0.2) is 47.2 Å². The lowest BCUT2D eigenvalue weighted by Crippen LogP contribution is -2.38. The van der Waals surface area contributed by atoms with Gasteiger partial charge in [0.05, 0.1) is 20.9 Å². The van der Waals surface area contributed by atoms with Crippen LogP contribution in [0.1, 0.15) is 22.6 Å². The van der Waals surface area contributed by atoms with Crippen LogP contribution in [0.3, 0.4) is 0 Å². The molecule has 31 heavy (non-hydrogen) atoms. The highest BCUT2D eigenvalue weighted by atomic mass is 79.9. The van der Waals surface area contributed by atoms with Crippen LogP contribution in [0.4, 0.5) is 17.6 Å². The number of benzene rings is 2. The van der Waals surface area contributed by atoms with Gasteiger partial charge in [0.15, 0.2) is 0 Å². The maximum absolute atomic E-state index is 14.0. The first kappa shape index (κ1) is 24.3. The minimum atomic E-state index is -4.74. The molecule has 1 amide bonds. The second-order valence-corrected chi connectivity index (χ2v) is 8.88. The minimum Gasteiger partial charge on any atom is -0.340 e. The number of carbonyl (C=O) groups excluding carboxylic acids is 1. The molecule has 0 spiro atoms. The summed E-state index contributed by atoms with van der Waals surface area (Å²) in [5.74, 6) is -1.47. The first-order valence-electron chi connectivity index (χ1n) is 9.35. The van der Waals surface area contributed by atoms with E-state index in [9.17, 15) is 22.4 Å². The zero-order chi connectivity index (χ0) is 22.9. The molecule has 3 nitrogen and oxygen atoms in total. The number of alkyl halides is 4. The quantitative estimate of drug-likeness (QED) is 0.344. The van der Waals surface area contributed by atoms with Crippen molar-refractivity contribution >= 4 is 45.0 Å². The van der Waals surface area contributed by atoms with Crippen molar-refractivity contribution in [2.45, 2.75) is 24.7 Å². The Hall–Kier alpha value is -1.35. The number of halogens is 7. The van der Waals surface area contributed by atoms with Gasteiger partial charge >= 0.3 is 6.18 Å². The van der Waals surface area contributed by atoms with Crippen LogP contribution in [0, 0.1) is 5.82 Å². The number of rotatable bonds is 5. The Morgan fingerprint density at radius 2 is 1.87 bits per heavy atom. The molecule has 0 radical (unpaired) electrons. The molecule has 0 bridgehead atoms. The molecule has 0 unspecified atom stereocenters. The number of amides is 1. The van der Waals surface area contributed by atoms with Crippen LogP contribution >= 0.6 is 39.1 Å². The fourth-order valence-electron chi connectivity index (χ4n) is 3.88. The van der Waals surface area contributed by atoms with Crippen molar-refractivity contribution in [1.82, 2.24) is 9.80 Å². The maximum atomic E-state index is 14.0. The number of carbonyl (C=O) groups is 1. The molecule has 0 aliphatic carbocycles. The average molecular weight is 542 g/mol. The largest absolute Gasteiger partial charge is 0.419 e. The van der Waals surface area contributed by atoms with Crippen molar-refractivity contribution < 1.29 is 22.4 Å². The van der Waals surface area contributed by atoms with E-state index in [1.807, 2.05) is 11.0 Å². The highest BCUT2D eigenvalue weighted by Gasteiger charge is 2.38. The van der Waals surface area contributed by atoms with Gasteiger partial charge in [-0.25, -0.2) is 4.39 Å². The molecule has 1 heterocycles. The van der Waals surface area contributed by atoms with E-state index in [2.05, 4.69) is 15.9 Å². The van der Waals surface area contributed by atoms with E-state index < -0.39 is 17.6 Å². The lowest BCUT2D eigenvalue weighted by atomic mass is 9.93. The molecule has 1 aliphatic rings. The zero-order valence-electron chi connectivity index (χ0n) is 16.4. The Bertz CT molecular complexity index is 973. The Kier molecular flexibility index (Phi) is 7.56. The van der Waals surface area contributed by atoms with Crippen molar-refractivity contribution in [1.29, 1.82) is 0 Å². The van der Waals surface area contributed by atoms with Crippen LogP contribution in [0.15, 0.2) is 36.4 Å². The van der Waals surface area contributed by atoms with Crippen LogP contribution in [-0.2, 0) is 17.5 Å². The van der Waals surface area contributed by atoms with E-state index in [1.165, 1.54) is 6.07 Å². The molecule has 3 rings (SSSR count). The van der Waals surface area contributed by atoms with Gasteiger partial charge in [-0.1, -0.05) is 51.3 Å². The summed E-state index contributed by atoms with van der Waals surface area (Å²) in [4.78, 5) is 15.9. The van der Waals surface area contributed by atoms with E-state index >= 15 is 0 Å². The van der Waals surface area contributed by atoms with Crippen molar-refractivity contribution in [2.75, 3.05) is 25.5 Å². The van der Waals surface area contributed by atoms with E-state index in [4.69, 9.17) is 23.2 Å². The van der Waals surface area contributed by atoms with Gasteiger partial charge in [-0.3, -0.25) is 9.69 Å². The molecule has 10 heteroatoms. The molecule has 1 fully saturated rings. The average Bonchev–Trinajstić information content (AvgIpc) is 3.14. The normalized spacial score (nSPS) is 19.3. The van der Waals surface area contributed by atoms with Crippen LogP contribution in [0.5, 0.6) is 0 Å². The summed E-state index contributed by atoms with van der Waals surface area (Å²) in [6, 6.07) is 8.08. The molecule has 2 atom stereocenters. The van der Waals surface area contributed by atoms with Gasteiger partial charge in [0, 0.05) is 31.6 Å². The second-order valence-electron chi connectivity index (χ2n) is 7.51. The van der Waals surface area contributed by atoms with Gasteiger partial charge in [-0.05, 0) is 42.4 Å². The Morgan fingerprint density at radius 1 is 1.16 bits per heavy atom. The number of nitrogens with zero attached hydrogens (tertiary/aromatic N) is 2. The number of likely N-dealkylation sites (tertiary alicyclic amines) is 1. The van der Waals surface area contributed by atoms with E-state index in [0.29, 0.717) is 28.7 Å². The zero-order valence-corrected chi connectivity index (χ0v) is 19.5. The summed E-state index contributed by atoms with van der Waals surface area (Å²) in [7, 11) is 1.80. The summed E-state index contributed by atoms with van der Waals surface area (Å²) in [6.45, 7) is 1.10. The third kappa shape index (κ3) is 5.53. The monoisotopic (exact) mass is 540 g/mol. The molecule has 0 N–H and O–H groups in total. The molecule has 0 saturated carbocycles.